The zero-order valence-corrected chi connectivity index (χ0v) is 12.9. The quantitative estimate of drug-likeness (QED) is 0.767. The van der Waals surface area contributed by atoms with Crippen molar-refractivity contribution in [2.75, 3.05) is 7.05 Å². The molecule has 7 heteroatoms. The maximum Gasteiger partial charge on any atom is 0.315 e. The Labute approximate surface area is 125 Å². The predicted molar refractivity (Wildman–Crippen MR) is 80.3 cm³/mol. The smallest absolute Gasteiger partial charge is 0.315 e. The fraction of sp³-hybridized carbons (Fsp3) is 0.500. The highest BCUT2D eigenvalue weighted by Crippen LogP contribution is 2.17. The van der Waals surface area contributed by atoms with Crippen molar-refractivity contribution >= 4 is 16.1 Å². The van der Waals surface area contributed by atoms with Crippen LogP contribution in [0.5, 0.6) is 0 Å². The first-order chi connectivity index (χ1) is 10.0. The highest BCUT2D eigenvalue weighted by atomic mass is 32.2. The lowest BCUT2D eigenvalue weighted by atomic mass is 10.2. The Balaban J connectivity index is 1.91. The molecule has 0 heterocycles. The molecule has 0 unspecified atom stereocenters. The van der Waals surface area contributed by atoms with Crippen LogP contribution in [0.1, 0.15) is 31.2 Å². The molecule has 1 aromatic rings. The summed E-state index contributed by atoms with van der Waals surface area (Å²) in [5.74, 6) is 0. The number of amides is 2. The van der Waals surface area contributed by atoms with Gasteiger partial charge in [-0.1, -0.05) is 25.0 Å². The minimum atomic E-state index is -3.46. The number of nitrogens with one attached hydrogen (secondary N) is 3. The highest BCUT2D eigenvalue weighted by Gasteiger charge is 2.17. The van der Waals surface area contributed by atoms with Crippen LogP contribution in [0.25, 0.3) is 0 Å². The Bertz CT molecular complexity index is 595. The molecule has 1 fully saturated rings. The van der Waals surface area contributed by atoms with E-state index in [0.717, 1.165) is 31.2 Å². The Kier molecular flexibility index (Phi) is 5.19. The molecular weight excluding hydrogens is 290 g/mol. The average Bonchev–Trinajstić information content (AvgIpc) is 2.98. The maximum atomic E-state index is 11.8. The van der Waals surface area contributed by atoms with Gasteiger partial charge in [-0.05, 0) is 37.6 Å². The number of urea groups is 1. The maximum absolute atomic E-state index is 11.8. The third-order valence-electron chi connectivity index (χ3n) is 3.62. The summed E-state index contributed by atoms with van der Waals surface area (Å²) in [6.07, 6.45) is 4.39. The number of carbonyl (C=O) groups is 1. The lowest BCUT2D eigenvalue weighted by Gasteiger charge is -2.13. The van der Waals surface area contributed by atoms with Crippen LogP contribution >= 0.6 is 0 Å². The van der Waals surface area contributed by atoms with Crippen LogP contribution in [0, 0.1) is 0 Å². The van der Waals surface area contributed by atoms with Crippen LogP contribution in [0.4, 0.5) is 4.79 Å². The zero-order valence-electron chi connectivity index (χ0n) is 12.1. The number of benzene rings is 1. The minimum absolute atomic E-state index is 0.195. The average molecular weight is 311 g/mol. The highest BCUT2D eigenvalue weighted by molar-refractivity contribution is 7.89. The molecule has 0 saturated heterocycles. The molecule has 0 aliphatic heterocycles. The first kappa shape index (κ1) is 15.8. The topological polar surface area (TPSA) is 87.3 Å². The summed E-state index contributed by atoms with van der Waals surface area (Å²) in [6, 6.07) is 6.58. The van der Waals surface area contributed by atoms with Crippen molar-refractivity contribution in [2.45, 2.75) is 43.2 Å². The summed E-state index contributed by atoms with van der Waals surface area (Å²) >= 11 is 0. The van der Waals surface area contributed by atoms with Gasteiger partial charge in [-0.15, -0.1) is 0 Å². The van der Waals surface area contributed by atoms with E-state index in [1.54, 1.807) is 18.2 Å². The molecule has 0 radical (unpaired) electrons. The van der Waals surface area contributed by atoms with Crippen molar-refractivity contribution in [3.05, 3.63) is 29.8 Å². The molecule has 1 aliphatic carbocycles. The Morgan fingerprint density at radius 1 is 1.29 bits per heavy atom. The van der Waals surface area contributed by atoms with E-state index >= 15 is 0 Å². The van der Waals surface area contributed by atoms with Gasteiger partial charge in [0.1, 0.15) is 0 Å². The van der Waals surface area contributed by atoms with Gasteiger partial charge < -0.3 is 10.6 Å². The zero-order chi connectivity index (χ0) is 15.3. The first-order valence-corrected chi connectivity index (χ1v) is 8.56. The summed E-state index contributed by atoms with van der Waals surface area (Å²) in [7, 11) is -2.09. The lowest BCUT2D eigenvalue weighted by molar-refractivity contribution is 0.236. The van der Waals surface area contributed by atoms with Gasteiger partial charge in [0.2, 0.25) is 10.0 Å². The summed E-state index contributed by atoms with van der Waals surface area (Å²) in [5, 5.41) is 5.68. The van der Waals surface area contributed by atoms with E-state index in [1.165, 1.54) is 13.1 Å². The standard InChI is InChI=1S/C14H21N3O3S/c1-15-21(19,20)13-8-4-5-11(9-13)10-16-14(18)17-12-6-2-3-7-12/h4-5,8-9,12,15H,2-3,6-7,10H2,1H3,(H2,16,17,18). The van der Waals surface area contributed by atoms with Crippen molar-refractivity contribution in [2.24, 2.45) is 0 Å². The van der Waals surface area contributed by atoms with Gasteiger partial charge in [0, 0.05) is 12.6 Å². The second kappa shape index (κ2) is 6.91. The third kappa shape index (κ3) is 4.44. The molecule has 2 amide bonds. The Hall–Kier alpha value is -1.60. The molecule has 1 aliphatic rings. The number of rotatable bonds is 5. The number of sulfonamides is 1. The van der Waals surface area contributed by atoms with E-state index in [4.69, 9.17) is 0 Å². The van der Waals surface area contributed by atoms with Gasteiger partial charge in [-0.3, -0.25) is 0 Å². The normalized spacial score (nSPS) is 15.9. The lowest BCUT2D eigenvalue weighted by Crippen LogP contribution is -2.40. The van der Waals surface area contributed by atoms with Crippen LogP contribution in [-0.4, -0.2) is 27.5 Å². The van der Waals surface area contributed by atoms with Gasteiger partial charge in [0.05, 0.1) is 4.90 Å². The second-order valence-corrected chi connectivity index (χ2v) is 7.05. The Morgan fingerprint density at radius 2 is 2.00 bits per heavy atom. The van der Waals surface area contributed by atoms with E-state index < -0.39 is 10.0 Å². The van der Waals surface area contributed by atoms with E-state index in [2.05, 4.69) is 15.4 Å². The predicted octanol–water partition coefficient (Wildman–Crippen LogP) is 1.34. The molecule has 0 atom stereocenters. The molecule has 116 valence electrons. The van der Waals surface area contributed by atoms with E-state index in [1.807, 2.05) is 0 Å². The monoisotopic (exact) mass is 311 g/mol. The molecule has 6 nitrogen and oxygen atoms in total. The van der Waals surface area contributed by atoms with E-state index in [9.17, 15) is 13.2 Å². The van der Waals surface area contributed by atoms with Crippen molar-refractivity contribution in [3.8, 4) is 0 Å². The van der Waals surface area contributed by atoms with Crippen LogP contribution in [0.2, 0.25) is 0 Å². The van der Waals surface area contributed by atoms with Gasteiger partial charge in [0.15, 0.2) is 0 Å². The number of hydrogen-bond acceptors (Lipinski definition) is 3. The molecule has 1 saturated carbocycles. The SMILES string of the molecule is CNS(=O)(=O)c1cccc(CNC(=O)NC2CCCC2)c1. The fourth-order valence-corrected chi connectivity index (χ4v) is 3.23. The molecular formula is C14H21N3O3S. The number of hydrogen-bond donors (Lipinski definition) is 3. The molecule has 0 bridgehead atoms. The van der Waals surface area contributed by atoms with Gasteiger partial charge >= 0.3 is 6.03 Å². The fourth-order valence-electron chi connectivity index (χ4n) is 2.43. The van der Waals surface area contributed by atoms with Crippen molar-refractivity contribution in [1.82, 2.24) is 15.4 Å². The summed E-state index contributed by atoms with van der Waals surface area (Å²) in [4.78, 5) is 12.0. The van der Waals surface area contributed by atoms with Gasteiger partial charge in [0.25, 0.3) is 0 Å². The van der Waals surface area contributed by atoms with Crippen LogP contribution in [0.3, 0.4) is 0 Å². The summed E-state index contributed by atoms with van der Waals surface area (Å²) < 4.78 is 25.7. The Morgan fingerprint density at radius 3 is 2.67 bits per heavy atom. The van der Waals surface area contributed by atoms with Gasteiger partial charge in [-0.2, -0.15) is 0 Å². The first-order valence-electron chi connectivity index (χ1n) is 7.08. The second-order valence-electron chi connectivity index (χ2n) is 5.16. The largest absolute Gasteiger partial charge is 0.335 e. The molecule has 21 heavy (non-hydrogen) atoms. The van der Waals surface area contributed by atoms with Crippen molar-refractivity contribution < 1.29 is 13.2 Å². The minimum Gasteiger partial charge on any atom is -0.335 e. The van der Waals surface area contributed by atoms with E-state index in [0.29, 0.717) is 6.54 Å². The third-order valence-corrected chi connectivity index (χ3v) is 5.03. The molecule has 2 rings (SSSR count). The van der Waals surface area contributed by atoms with Crippen molar-refractivity contribution in [3.63, 3.8) is 0 Å². The van der Waals surface area contributed by atoms with Crippen molar-refractivity contribution in [1.29, 1.82) is 0 Å². The molecule has 0 spiro atoms. The molecule has 1 aromatic carbocycles. The molecule has 0 aromatic heterocycles. The summed E-state index contributed by atoms with van der Waals surface area (Å²) in [6.45, 7) is 0.297. The van der Waals surface area contributed by atoms with Crippen LogP contribution < -0.4 is 15.4 Å². The summed E-state index contributed by atoms with van der Waals surface area (Å²) in [5.41, 5.74) is 0.743. The van der Waals surface area contributed by atoms with Crippen LogP contribution in [-0.2, 0) is 16.6 Å². The molecule has 3 N–H and O–H groups in total. The van der Waals surface area contributed by atoms with E-state index in [-0.39, 0.29) is 17.0 Å². The van der Waals surface area contributed by atoms with Gasteiger partial charge in [-0.25, -0.2) is 17.9 Å². The van der Waals surface area contributed by atoms with Crippen LogP contribution in [0.15, 0.2) is 29.2 Å². The number of carbonyl (C=O) groups excluding carboxylic acids is 1.